The number of hydrogen-bond donors (Lipinski definition) is 2. The lowest BCUT2D eigenvalue weighted by Crippen LogP contribution is -2.48. The molecule has 0 radical (unpaired) electrons. The summed E-state index contributed by atoms with van der Waals surface area (Å²) in [5.41, 5.74) is 6.17. The zero-order valence-corrected chi connectivity index (χ0v) is 14.7. The first kappa shape index (κ1) is 16.6. The van der Waals surface area contributed by atoms with E-state index in [1.54, 1.807) is 42.5 Å². The molecule has 2 aromatic rings. The quantitative estimate of drug-likeness (QED) is 0.437. The van der Waals surface area contributed by atoms with Crippen LogP contribution in [0.15, 0.2) is 54.6 Å². The summed E-state index contributed by atoms with van der Waals surface area (Å²) < 4.78 is 0.933. The largest absolute Gasteiger partial charge is 0.287 e. The highest BCUT2D eigenvalue weighted by atomic mass is 127. The van der Waals surface area contributed by atoms with Gasteiger partial charge in [0.2, 0.25) is 5.91 Å². The number of carbonyl (C=O) groups excluding carboxylic acids is 3. The lowest BCUT2D eigenvalue weighted by molar-refractivity contribution is -0.121. The highest BCUT2D eigenvalue weighted by Crippen LogP contribution is 2.22. The molecule has 0 spiro atoms. The molecule has 1 unspecified atom stereocenters. The van der Waals surface area contributed by atoms with Gasteiger partial charge in [-0.25, -0.2) is 10.3 Å². The predicted molar refractivity (Wildman–Crippen MR) is 97.1 cm³/mol. The molecule has 2 N–H and O–H groups in total. The topological polar surface area (TPSA) is 78.5 Å². The second-order valence-electron chi connectivity index (χ2n) is 5.27. The fourth-order valence-electron chi connectivity index (χ4n) is 2.45. The Labute approximate surface area is 152 Å². The van der Waals surface area contributed by atoms with E-state index in [-0.39, 0.29) is 24.1 Å². The first-order valence-corrected chi connectivity index (χ1v) is 8.37. The fourth-order valence-corrected chi connectivity index (χ4v) is 2.99. The zero-order chi connectivity index (χ0) is 17.1. The van der Waals surface area contributed by atoms with Crippen molar-refractivity contribution in [2.24, 2.45) is 0 Å². The summed E-state index contributed by atoms with van der Waals surface area (Å²) in [5.74, 6) is -1.03. The first-order valence-electron chi connectivity index (χ1n) is 7.29. The van der Waals surface area contributed by atoms with E-state index in [2.05, 4.69) is 33.4 Å². The predicted octanol–water partition coefficient (Wildman–Crippen LogP) is 1.86. The average Bonchev–Trinajstić information content (AvgIpc) is 2.87. The molecule has 0 aromatic heterocycles. The number of hydrazine groups is 1. The van der Waals surface area contributed by atoms with E-state index in [0.717, 1.165) is 8.47 Å². The monoisotopic (exact) mass is 435 g/mol. The summed E-state index contributed by atoms with van der Waals surface area (Å²) in [6.45, 7) is 0. The van der Waals surface area contributed by atoms with Crippen LogP contribution in [0.3, 0.4) is 0 Å². The Hall–Kier alpha value is -2.26. The van der Waals surface area contributed by atoms with Crippen molar-refractivity contribution in [2.45, 2.75) is 12.5 Å². The molecule has 24 heavy (non-hydrogen) atoms. The summed E-state index contributed by atoms with van der Waals surface area (Å²) >= 11 is 2.11. The maximum atomic E-state index is 12.4. The normalized spacial score (nSPS) is 17.2. The number of hydrogen-bond acceptors (Lipinski definition) is 4. The highest BCUT2D eigenvalue weighted by Gasteiger charge is 2.39. The van der Waals surface area contributed by atoms with Crippen LogP contribution >= 0.6 is 22.6 Å². The maximum Gasteiger partial charge on any atom is 0.265 e. The van der Waals surface area contributed by atoms with E-state index in [4.69, 9.17) is 0 Å². The number of para-hydroxylation sites is 1. The van der Waals surface area contributed by atoms with E-state index in [1.807, 2.05) is 12.1 Å². The molecule has 122 valence electrons. The molecule has 1 aliphatic rings. The molecule has 7 heteroatoms. The van der Waals surface area contributed by atoms with E-state index >= 15 is 0 Å². The molecule has 1 fully saturated rings. The SMILES string of the molecule is O=C(NNC1CC(=O)N(c2ccccc2)C1=O)c1cccc(I)c1. The molecule has 1 atom stereocenters. The van der Waals surface area contributed by atoms with Gasteiger partial charge in [0.05, 0.1) is 12.1 Å². The smallest absolute Gasteiger partial charge is 0.265 e. The summed E-state index contributed by atoms with van der Waals surface area (Å²) in [6.07, 6.45) is 0.000329. The van der Waals surface area contributed by atoms with Crippen molar-refractivity contribution >= 4 is 46.0 Å². The van der Waals surface area contributed by atoms with Crippen molar-refractivity contribution < 1.29 is 14.4 Å². The summed E-state index contributed by atoms with van der Waals surface area (Å²) in [5, 5.41) is 0. The molecule has 6 nitrogen and oxygen atoms in total. The number of nitrogens with zero attached hydrogens (tertiary/aromatic N) is 1. The molecule has 0 saturated carbocycles. The van der Waals surface area contributed by atoms with Gasteiger partial charge in [-0.05, 0) is 52.9 Å². The number of nitrogens with one attached hydrogen (secondary N) is 2. The number of rotatable bonds is 4. The van der Waals surface area contributed by atoms with Crippen LogP contribution in [0.25, 0.3) is 0 Å². The van der Waals surface area contributed by atoms with Gasteiger partial charge in [-0.3, -0.25) is 19.8 Å². The van der Waals surface area contributed by atoms with Crippen LogP contribution in [0.1, 0.15) is 16.8 Å². The number of anilines is 1. The van der Waals surface area contributed by atoms with Crippen LogP contribution < -0.4 is 15.8 Å². The second-order valence-corrected chi connectivity index (χ2v) is 6.51. The molecule has 1 aliphatic heterocycles. The van der Waals surface area contributed by atoms with Crippen molar-refractivity contribution in [3.05, 3.63) is 63.7 Å². The zero-order valence-electron chi connectivity index (χ0n) is 12.5. The lowest BCUT2D eigenvalue weighted by atomic mass is 10.2. The van der Waals surface area contributed by atoms with Gasteiger partial charge >= 0.3 is 0 Å². The molecular weight excluding hydrogens is 421 g/mol. The average molecular weight is 435 g/mol. The van der Waals surface area contributed by atoms with Crippen LogP contribution in [0.2, 0.25) is 0 Å². The summed E-state index contributed by atoms with van der Waals surface area (Å²) in [7, 11) is 0. The summed E-state index contributed by atoms with van der Waals surface area (Å²) in [6, 6.07) is 15.0. The van der Waals surface area contributed by atoms with E-state index < -0.39 is 6.04 Å². The Balaban J connectivity index is 1.65. The minimum Gasteiger partial charge on any atom is -0.287 e. The number of carbonyl (C=O) groups is 3. The van der Waals surface area contributed by atoms with Crippen molar-refractivity contribution in [3.8, 4) is 0 Å². The van der Waals surface area contributed by atoms with Gasteiger partial charge in [0.1, 0.15) is 6.04 Å². The van der Waals surface area contributed by atoms with Gasteiger partial charge in [-0.15, -0.1) is 0 Å². The number of benzene rings is 2. The Kier molecular flexibility index (Phi) is 4.91. The van der Waals surface area contributed by atoms with Crippen LogP contribution in [0.5, 0.6) is 0 Å². The standard InChI is InChI=1S/C17H14IN3O3/c18-12-6-4-5-11(9-12)16(23)20-19-14-10-15(22)21(17(14)24)13-7-2-1-3-8-13/h1-9,14,19H,10H2,(H,20,23). The third kappa shape index (κ3) is 3.46. The lowest BCUT2D eigenvalue weighted by Gasteiger charge is -2.15. The van der Waals surface area contributed by atoms with Crippen LogP contribution in [0, 0.1) is 3.57 Å². The molecule has 1 saturated heterocycles. The van der Waals surface area contributed by atoms with Crippen molar-refractivity contribution in [2.75, 3.05) is 4.90 Å². The molecule has 0 aliphatic carbocycles. The third-order valence-corrected chi connectivity index (χ3v) is 4.28. The van der Waals surface area contributed by atoms with Gasteiger partial charge in [0.15, 0.2) is 0 Å². The van der Waals surface area contributed by atoms with Crippen LogP contribution in [0.4, 0.5) is 5.69 Å². The van der Waals surface area contributed by atoms with Gasteiger partial charge in [0.25, 0.3) is 11.8 Å². The van der Waals surface area contributed by atoms with Gasteiger partial charge in [-0.1, -0.05) is 24.3 Å². The Morgan fingerprint density at radius 1 is 1.08 bits per heavy atom. The fraction of sp³-hybridized carbons (Fsp3) is 0.118. The third-order valence-electron chi connectivity index (χ3n) is 3.61. The van der Waals surface area contributed by atoms with E-state index in [0.29, 0.717) is 11.3 Å². The molecular formula is C17H14IN3O3. The number of imide groups is 1. The summed E-state index contributed by atoms with van der Waals surface area (Å²) in [4.78, 5) is 37.8. The Bertz CT molecular complexity index is 795. The van der Waals surface area contributed by atoms with E-state index in [1.165, 1.54) is 0 Å². The Morgan fingerprint density at radius 3 is 2.54 bits per heavy atom. The first-order chi connectivity index (χ1) is 11.6. The van der Waals surface area contributed by atoms with Crippen molar-refractivity contribution in [3.63, 3.8) is 0 Å². The number of halogens is 1. The minimum atomic E-state index is -0.774. The number of amides is 3. The van der Waals surface area contributed by atoms with E-state index in [9.17, 15) is 14.4 Å². The molecule has 1 heterocycles. The minimum absolute atomic E-state index is 0.000329. The molecule has 3 amide bonds. The molecule has 0 bridgehead atoms. The van der Waals surface area contributed by atoms with Crippen LogP contribution in [-0.4, -0.2) is 23.8 Å². The Morgan fingerprint density at radius 2 is 1.83 bits per heavy atom. The van der Waals surface area contributed by atoms with Gasteiger partial charge in [0, 0.05) is 9.13 Å². The maximum absolute atomic E-state index is 12.4. The molecule has 3 rings (SSSR count). The van der Waals surface area contributed by atoms with Crippen molar-refractivity contribution in [1.82, 2.24) is 10.9 Å². The van der Waals surface area contributed by atoms with Crippen LogP contribution in [-0.2, 0) is 9.59 Å². The van der Waals surface area contributed by atoms with Gasteiger partial charge in [-0.2, -0.15) is 0 Å². The van der Waals surface area contributed by atoms with Gasteiger partial charge < -0.3 is 0 Å². The van der Waals surface area contributed by atoms with Crippen molar-refractivity contribution in [1.29, 1.82) is 0 Å². The molecule has 2 aromatic carbocycles. The highest BCUT2D eigenvalue weighted by molar-refractivity contribution is 14.1. The second kappa shape index (κ2) is 7.10.